The molecule has 0 atom stereocenters. The molecule has 0 saturated heterocycles. The molecule has 0 saturated carbocycles. The van der Waals surface area contributed by atoms with Crippen LogP contribution in [0.5, 0.6) is 0 Å². The van der Waals surface area contributed by atoms with Crippen LogP contribution in [0.15, 0.2) is 0 Å². The van der Waals surface area contributed by atoms with E-state index in [0.717, 1.165) is 5.40 Å². The summed E-state index contributed by atoms with van der Waals surface area (Å²) in [6.45, 7) is 32.2. The molecule has 0 aromatic heterocycles. The summed E-state index contributed by atoms with van der Waals surface area (Å²) in [6, 6.07) is 0. The van der Waals surface area contributed by atoms with E-state index in [4.69, 9.17) is 0 Å². The molecule has 0 aliphatic carbocycles. The molecule has 0 aliphatic rings. The first kappa shape index (κ1) is 25.8. The topological polar surface area (TPSA) is 0 Å². The monoisotopic (exact) mass is 438 g/mol. The van der Waals surface area contributed by atoms with Crippen LogP contribution < -0.4 is 0 Å². The zero-order chi connectivity index (χ0) is 17.4. The molecular formula is C19H42P2Pd. The van der Waals surface area contributed by atoms with Crippen molar-refractivity contribution in [3.05, 3.63) is 0 Å². The van der Waals surface area contributed by atoms with E-state index in [0.29, 0.717) is 20.6 Å². The van der Waals surface area contributed by atoms with Gasteiger partial charge in [-0.15, -0.1) is 0 Å². The Morgan fingerprint density at radius 2 is 0.727 bits per heavy atom. The van der Waals surface area contributed by atoms with Gasteiger partial charge in [-0.3, -0.25) is 0 Å². The fourth-order valence-electron chi connectivity index (χ4n) is 4.28. The van der Waals surface area contributed by atoms with E-state index in [1.54, 1.807) is 0 Å². The maximum atomic E-state index is 2.48. The molecule has 0 N–H and O–H groups in total. The Bertz CT molecular complexity index is 263. The molecule has 0 nitrogen and oxygen atoms in total. The Balaban J connectivity index is 0. The average molecular weight is 439 g/mol. The normalized spacial score (nSPS) is 14.7. The first-order valence-electron chi connectivity index (χ1n) is 8.53. The van der Waals surface area contributed by atoms with Gasteiger partial charge in [0.05, 0.1) is 0 Å². The fourth-order valence-corrected chi connectivity index (χ4v) is 17.7. The molecule has 0 heterocycles. The Labute approximate surface area is 158 Å². The maximum Gasteiger partial charge on any atom is 0.00103 e. The van der Waals surface area contributed by atoms with E-state index in [-0.39, 0.29) is 36.3 Å². The summed E-state index contributed by atoms with van der Waals surface area (Å²) < 4.78 is 0. The molecule has 0 spiro atoms. The van der Waals surface area contributed by atoms with Gasteiger partial charge in [0.2, 0.25) is 0 Å². The van der Waals surface area contributed by atoms with Crippen LogP contribution in [-0.2, 0) is 20.4 Å². The molecule has 0 amide bonds. The second-order valence-corrected chi connectivity index (χ2v) is 18.8. The molecule has 0 bridgehead atoms. The Hall–Kier alpha value is 1.52. The van der Waals surface area contributed by atoms with Crippen LogP contribution in [0.4, 0.5) is 0 Å². The van der Waals surface area contributed by atoms with Crippen molar-refractivity contribution >= 4 is 15.8 Å². The maximum absolute atomic E-state index is 2.48. The third kappa shape index (κ3) is 7.18. The van der Waals surface area contributed by atoms with Crippen molar-refractivity contribution in [1.82, 2.24) is 0 Å². The molecule has 0 rings (SSSR count). The summed E-state index contributed by atoms with van der Waals surface area (Å²) in [5.74, 6) is 0. The molecular weight excluding hydrogens is 397 g/mol. The second kappa shape index (κ2) is 8.27. The summed E-state index contributed by atoms with van der Waals surface area (Å²) >= 11 is 0. The predicted octanol–water partition coefficient (Wildman–Crippen LogP) is 7.88. The average Bonchev–Trinajstić information content (AvgIpc) is 2.06. The van der Waals surface area contributed by atoms with Gasteiger partial charge in [-0.25, -0.2) is 0 Å². The Kier molecular flexibility index (Phi) is 9.68. The van der Waals surface area contributed by atoms with Gasteiger partial charge in [0.1, 0.15) is 0 Å². The SMILES string of the molecule is CCC(P(C(C)(C)C)C(C)(C)C)P(C(C)(C)C)C(C)(C)C.[Pd]. The minimum atomic E-state index is -0.0454. The second-order valence-electron chi connectivity index (χ2n) is 10.3. The number of hydrogen-bond acceptors (Lipinski definition) is 0. The van der Waals surface area contributed by atoms with E-state index in [9.17, 15) is 0 Å². The van der Waals surface area contributed by atoms with Gasteiger partial charge in [0, 0.05) is 25.8 Å². The molecule has 0 aliphatic heterocycles. The van der Waals surface area contributed by atoms with Gasteiger partial charge < -0.3 is 0 Å². The van der Waals surface area contributed by atoms with Crippen LogP contribution in [0.3, 0.4) is 0 Å². The molecule has 0 aromatic rings. The molecule has 0 aromatic carbocycles. The fraction of sp³-hybridized carbons (Fsp3) is 1.00. The zero-order valence-corrected chi connectivity index (χ0v) is 20.8. The number of rotatable bonds is 3. The summed E-state index contributed by atoms with van der Waals surface area (Å²) in [4.78, 5) is 0. The summed E-state index contributed by atoms with van der Waals surface area (Å²) in [5, 5.41) is 2.57. The predicted molar refractivity (Wildman–Crippen MR) is 107 cm³/mol. The van der Waals surface area contributed by atoms with E-state index in [1.165, 1.54) is 6.42 Å². The summed E-state index contributed by atoms with van der Waals surface area (Å²) in [6.07, 6.45) is 1.33. The minimum absolute atomic E-state index is 0. The van der Waals surface area contributed by atoms with E-state index < -0.39 is 0 Å². The Morgan fingerprint density at radius 1 is 0.545 bits per heavy atom. The van der Waals surface area contributed by atoms with Crippen molar-refractivity contribution in [1.29, 1.82) is 0 Å². The van der Waals surface area contributed by atoms with Gasteiger partial charge >= 0.3 is 0 Å². The van der Waals surface area contributed by atoms with Gasteiger partial charge in [-0.2, -0.15) is 0 Å². The van der Waals surface area contributed by atoms with Crippen molar-refractivity contribution in [2.45, 2.75) is 122 Å². The van der Waals surface area contributed by atoms with Crippen molar-refractivity contribution in [2.75, 3.05) is 0 Å². The smallest absolute Gasteiger partial charge is 0.00103 e. The molecule has 22 heavy (non-hydrogen) atoms. The first-order valence-corrected chi connectivity index (χ1v) is 11.3. The zero-order valence-electron chi connectivity index (χ0n) is 17.5. The first-order chi connectivity index (χ1) is 8.94. The molecule has 0 radical (unpaired) electrons. The molecule has 0 fully saturated rings. The van der Waals surface area contributed by atoms with Crippen molar-refractivity contribution < 1.29 is 20.4 Å². The van der Waals surface area contributed by atoms with E-state index >= 15 is 0 Å². The van der Waals surface area contributed by atoms with Crippen LogP contribution in [0.1, 0.15) is 96.4 Å². The van der Waals surface area contributed by atoms with Crippen LogP contribution in [0.25, 0.3) is 0 Å². The third-order valence-corrected chi connectivity index (χ3v) is 12.9. The van der Waals surface area contributed by atoms with Crippen LogP contribution in [-0.4, -0.2) is 26.0 Å². The van der Waals surface area contributed by atoms with Gasteiger partial charge in [-0.1, -0.05) is 106 Å². The summed E-state index contributed by atoms with van der Waals surface area (Å²) in [5.41, 5.74) is 0. The van der Waals surface area contributed by atoms with Crippen LogP contribution in [0, 0.1) is 0 Å². The third-order valence-electron chi connectivity index (χ3n) is 3.85. The van der Waals surface area contributed by atoms with Gasteiger partial charge in [-0.05, 0) is 27.0 Å². The van der Waals surface area contributed by atoms with E-state index in [2.05, 4.69) is 90.0 Å². The molecule has 3 heteroatoms. The largest absolute Gasteiger partial charge is 0.0880 e. The van der Waals surface area contributed by atoms with Crippen molar-refractivity contribution in [2.24, 2.45) is 0 Å². The molecule has 138 valence electrons. The number of hydrogen-bond donors (Lipinski definition) is 0. The van der Waals surface area contributed by atoms with Crippen LogP contribution in [0.2, 0.25) is 0 Å². The quantitative estimate of drug-likeness (QED) is 0.310. The van der Waals surface area contributed by atoms with Gasteiger partial charge in [0.25, 0.3) is 0 Å². The minimum Gasteiger partial charge on any atom is -0.0880 e. The van der Waals surface area contributed by atoms with Crippen molar-refractivity contribution in [3.63, 3.8) is 0 Å². The van der Waals surface area contributed by atoms with Gasteiger partial charge in [0.15, 0.2) is 0 Å². The summed E-state index contributed by atoms with van der Waals surface area (Å²) in [7, 11) is -0.0908. The standard InChI is InChI=1S/C19H42P2.Pd/c1-14-15(20(16(2,3)4)17(5,6)7)21(18(8,9)10)19(11,12)13;/h15H,14H2,1-13H3;. The molecule has 0 unspecified atom stereocenters. The van der Waals surface area contributed by atoms with Crippen molar-refractivity contribution in [3.8, 4) is 0 Å². The van der Waals surface area contributed by atoms with Crippen LogP contribution >= 0.6 is 15.8 Å². The Morgan fingerprint density at radius 3 is 0.818 bits per heavy atom. The van der Waals surface area contributed by atoms with E-state index in [1.807, 2.05) is 0 Å².